The normalized spacial score (nSPS) is 14.1. The summed E-state index contributed by atoms with van der Waals surface area (Å²) in [5.74, 6) is -0.381. The molecule has 0 saturated carbocycles. The highest BCUT2D eigenvalue weighted by atomic mass is 19.1. The summed E-state index contributed by atoms with van der Waals surface area (Å²) >= 11 is 0. The van der Waals surface area contributed by atoms with E-state index in [1.165, 1.54) is 25.3 Å². The topological polar surface area (TPSA) is 9.23 Å². The van der Waals surface area contributed by atoms with Crippen molar-refractivity contribution in [2.45, 2.75) is 19.3 Å². The van der Waals surface area contributed by atoms with Crippen LogP contribution in [-0.4, -0.2) is 7.11 Å². The first-order valence-electron chi connectivity index (χ1n) is 6.92. The minimum atomic E-state index is -0.385. The van der Waals surface area contributed by atoms with Crippen LogP contribution in [0.1, 0.15) is 29.5 Å². The van der Waals surface area contributed by atoms with Crippen molar-refractivity contribution in [2.24, 2.45) is 0 Å². The molecule has 0 aliphatic heterocycles. The van der Waals surface area contributed by atoms with E-state index in [4.69, 9.17) is 4.74 Å². The summed E-state index contributed by atoms with van der Waals surface area (Å²) in [6.07, 6.45) is 5.92. The average molecular weight is 285 g/mol. The van der Waals surface area contributed by atoms with Crippen molar-refractivity contribution in [3.63, 3.8) is 0 Å². The summed E-state index contributed by atoms with van der Waals surface area (Å²) in [6.45, 7) is 0. The summed E-state index contributed by atoms with van der Waals surface area (Å²) in [6, 6.07) is 9.55. The van der Waals surface area contributed by atoms with Gasteiger partial charge in [-0.2, -0.15) is 0 Å². The first kappa shape index (κ1) is 13.8. The Bertz CT molecular complexity index is 687. The molecule has 1 nitrogen and oxygen atoms in total. The molecule has 0 N–H and O–H groups in total. The molecule has 107 valence electrons. The molecule has 0 spiro atoms. The van der Waals surface area contributed by atoms with Gasteiger partial charge in [-0.1, -0.05) is 12.1 Å². The van der Waals surface area contributed by atoms with Crippen LogP contribution in [0.5, 0.6) is 5.75 Å². The maximum Gasteiger partial charge on any atom is 0.165 e. The highest BCUT2D eigenvalue weighted by Gasteiger charge is 2.14. The highest BCUT2D eigenvalue weighted by Crippen LogP contribution is 2.31. The van der Waals surface area contributed by atoms with Gasteiger partial charge < -0.3 is 4.74 Å². The number of fused-ring (bicyclic) bond motifs is 1. The van der Waals surface area contributed by atoms with Gasteiger partial charge in [0.05, 0.1) is 7.11 Å². The second kappa shape index (κ2) is 5.68. The van der Waals surface area contributed by atoms with Gasteiger partial charge >= 0.3 is 0 Å². The number of hydrogen-bond donors (Lipinski definition) is 0. The van der Waals surface area contributed by atoms with Gasteiger partial charge in [-0.15, -0.1) is 0 Å². The molecule has 0 atom stereocenters. The van der Waals surface area contributed by atoms with Gasteiger partial charge in [0.1, 0.15) is 5.82 Å². The second-order valence-corrected chi connectivity index (χ2v) is 5.11. The monoisotopic (exact) mass is 285 g/mol. The lowest BCUT2D eigenvalue weighted by Gasteiger charge is -2.08. The fourth-order valence-corrected chi connectivity index (χ4v) is 2.62. The number of benzene rings is 2. The van der Waals surface area contributed by atoms with Crippen molar-refractivity contribution in [2.75, 3.05) is 7.11 Å². The predicted molar refractivity (Wildman–Crippen MR) is 78.0 cm³/mol. The van der Waals surface area contributed by atoms with Crippen molar-refractivity contribution < 1.29 is 13.5 Å². The van der Waals surface area contributed by atoms with Gasteiger partial charge in [-0.05, 0) is 71.9 Å². The van der Waals surface area contributed by atoms with Gasteiger partial charge in [-0.3, -0.25) is 0 Å². The Balaban J connectivity index is 2.04. The molecule has 2 aromatic rings. The predicted octanol–water partition coefficient (Wildman–Crippen LogP) is 4.54. The van der Waals surface area contributed by atoms with E-state index < -0.39 is 0 Å². The van der Waals surface area contributed by atoms with E-state index in [9.17, 15) is 8.78 Å². The Hall–Kier alpha value is -2.16. The van der Waals surface area contributed by atoms with E-state index in [2.05, 4.69) is 6.08 Å². The lowest BCUT2D eigenvalue weighted by molar-refractivity contribution is 0.385. The Morgan fingerprint density at radius 3 is 2.52 bits per heavy atom. The van der Waals surface area contributed by atoms with Crippen LogP contribution >= 0.6 is 0 Å². The summed E-state index contributed by atoms with van der Waals surface area (Å²) in [7, 11) is 1.46. The van der Waals surface area contributed by atoms with E-state index >= 15 is 0 Å². The molecule has 0 aromatic heterocycles. The molecule has 2 aromatic carbocycles. The quantitative estimate of drug-likeness (QED) is 0.787. The molecule has 21 heavy (non-hydrogen) atoms. The maximum absolute atomic E-state index is 13.9. The van der Waals surface area contributed by atoms with Crippen LogP contribution < -0.4 is 4.74 Å². The van der Waals surface area contributed by atoms with Crippen molar-refractivity contribution in [3.8, 4) is 5.75 Å². The van der Waals surface area contributed by atoms with E-state index in [1.807, 2.05) is 0 Å². The van der Waals surface area contributed by atoms with E-state index in [-0.39, 0.29) is 17.4 Å². The molecule has 1 aliphatic carbocycles. The zero-order chi connectivity index (χ0) is 14.8. The second-order valence-electron chi connectivity index (χ2n) is 5.11. The standard InChI is InChI=1S/C18H15F2O/c1-21-18-11-14-4-2-3-13(9-15(14)10-17(18)20)12-5-7-16(19)8-6-12/h5-8,10-11H,2-4H2,1H3. The summed E-state index contributed by atoms with van der Waals surface area (Å²) < 4.78 is 31.9. The minimum Gasteiger partial charge on any atom is -0.494 e. The number of hydrogen-bond acceptors (Lipinski definition) is 1. The maximum atomic E-state index is 13.9. The van der Waals surface area contributed by atoms with Crippen LogP contribution in [0.25, 0.3) is 5.57 Å². The highest BCUT2D eigenvalue weighted by molar-refractivity contribution is 5.67. The fraction of sp³-hybridized carbons (Fsp3) is 0.222. The number of rotatable bonds is 2. The Morgan fingerprint density at radius 2 is 1.81 bits per heavy atom. The number of ether oxygens (including phenoxy) is 1. The zero-order valence-corrected chi connectivity index (χ0v) is 11.7. The van der Waals surface area contributed by atoms with Crippen molar-refractivity contribution in [3.05, 3.63) is 70.8 Å². The molecule has 0 bridgehead atoms. The van der Waals surface area contributed by atoms with Crippen molar-refractivity contribution in [1.29, 1.82) is 0 Å². The smallest absolute Gasteiger partial charge is 0.165 e. The largest absolute Gasteiger partial charge is 0.494 e. The van der Waals surface area contributed by atoms with Gasteiger partial charge in [-0.25, -0.2) is 8.78 Å². The molecule has 0 fully saturated rings. The number of aryl methyl sites for hydroxylation is 1. The third-order valence-corrected chi connectivity index (χ3v) is 3.73. The molecule has 1 aliphatic rings. The van der Waals surface area contributed by atoms with Gasteiger partial charge in [0.2, 0.25) is 0 Å². The Morgan fingerprint density at radius 1 is 1.05 bits per heavy atom. The minimum absolute atomic E-state index is 0.260. The van der Waals surface area contributed by atoms with Crippen LogP contribution in [0.3, 0.4) is 0 Å². The molecular formula is C18H15F2O. The third-order valence-electron chi connectivity index (χ3n) is 3.73. The van der Waals surface area contributed by atoms with E-state index in [0.29, 0.717) is 0 Å². The molecule has 3 rings (SSSR count). The van der Waals surface area contributed by atoms with Crippen LogP contribution in [0.15, 0.2) is 36.4 Å². The van der Waals surface area contributed by atoms with Crippen LogP contribution in [0, 0.1) is 17.7 Å². The molecule has 0 unspecified atom stereocenters. The molecule has 0 heterocycles. The molecule has 0 saturated heterocycles. The van der Waals surface area contributed by atoms with Gasteiger partial charge in [0.25, 0.3) is 0 Å². The Labute approximate surface area is 122 Å². The van der Waals surface area contributed by atoms with Gasteiger partial charge in [0.15, 0.2) is 11.6 Å². The average Bonchev–Trinajstić information content (AvgIpc) is 2.69. The van der Waals surface area contributed by atoms with Crippen LogP contribution in [0.4, 0.5) is 8.78 Å². The summed E-state index contributed by atoms with van der Waals surface area (Å²) in [5, 5.41) is 0. The zero-order valence-electron chi connectivity index (χ0n) is 11.7. The first-order valence-corrected chi connectivity index (χ1v) is 6.92. The fourth-order valence-electron chi connectivity index (χ4n) is 2.62. The van der Waals surface area contributed by atoms with Gasteiger partial charge in [0, 0.05) is 0 Å². The lowest BCUT2D eigenvalue weighted by Crippen LogP contribution is -1.94. The van der Waals surface area contributed by atoms with Crippen LogP contribution in [-0.2, 0) is 6.42 Å². The number of allylic oxidation sites excluding steroid dienone is 1. The Kier molecular flexibility index (Phi) is 3.74. The molecular weight excluding hydrogens is 270 g/mol. The van der Waals surface area contributed by atoms with E-state index in [0.717, 1.165) is 41.5 Å². The van der Waals surface area contributed by atoms with Crippen LogP contribution in [0.2, 0.25) is 0 Å². The first-order chi connectivity index (χ1) is 10.2. The lowest BCUT2D eigenvalue weighted by atomic mass is 10.0. The molecule has 0 amide bonds. The SMILES string of the molecule is COc1cc2c(cc1F)[C]=C(c1ccc(F)cc1)CCC2. The third kappa shape index (κ3) is 2.82. The molecule has 3 heteroatoms. The van der Waals surface area contributed by atoms with Crippen molar-refractivity contribution >= 4 is 5.57 Å². The van der Waals surface area contributed by atoms with Crippen molar-refractivity contribution in [1.82, 2.24) is 0 Å². The molecule has 1 radical (unpaired) electrons. The number of methoxy groups -OCH3 is 1. The van der Waals surface area contributed by atoms with E-state index in [1.54, 1.807) is 18.2 Å². The number of halogens is 2. The summed E-state index contributed by atoms with van der Waals surface area (Å²) in [4.78, 5) is 0. The summed E-state index contributed by atoms with van der Waals surface area (Å²) in [5.41, 5.74) is 3.70.